The summed E-state index contributed by atoms with van der Waals surface area (Å²) < 4.78 is 0. The highest BCUT2D eigenvalue weighted by molar-refractivity contribution is 7.80. The number of nitrogens with zero attached hydrogens (tertiary/aromatic N) is 1. The van der Waals surface area contributed by atoms with Crippen LogP contribution in [-0.4, -0.2) is 24.1 Å². The fraction of sp³-hybridized carbons (Fsp3) is 0.385. The smallest absolute Gasteiger partial charge is 0.227 e. The monoisotopic (exact) mass is 264 g/mol. The van der Waals surface area contributed by atoms with E-state index in [0.29, 0.717) is 30.3 Å². The molecule has 1 aromatic carbocycles. The molecule has 0 bridgehead atoms. The Kier molecular flexibility index (Phi) is 3.91. The number of thiol groups is 1. The molecule has 1 aliphatic rings. The summed E-state index contributed by atoms with van der Waals surface area (Å²) in [4.78, 5) is 24.6. The van der Waals surface area contributed by atoms with Gasteiger partial charge >= 0.3 is 0 Å². The predicted molar refractivity (Wildman–Crippen MR) is 75.1 cm³/mol. The van der Waals surface area contributed by atoms with Crippen LogP contribution in [0.3, 0.4) is 0 Å². The molecule has 0 spiro atoms. The van der Waals surface area contributed by atoms with Gasteiger partial charge in [0.1, 0.15) is 0 Å². The summed E-state index contributed by atoms with van der Waals surface area (Å²) in [5, 5.41) is 2.72. The molecule has 1 unspecified atom stereocenters. The van der Waals surface area contributed by atoms with Gasteiger partial charge in [0.05, 0.1) is 0 Å². The quantitative estimate of drug-likeness (QED) is 0.820. The fourth-order valence-electron chi connectivity index (χ4n) is 2.11. The SMILES string of the molecule is CC(=O)Nc1cccc(N2CC(CS)CC2=O)c1. The van der Waals surface area contributed by atoms with Crippen LogP contribution >= 0.6 is 12.6 Å². The Balaban J connectivity index is 2.18. The maximum absolute atomic E-state index is 11.9. The van der Waals surface area contributed by atoms with E-state index in [1.807, 2.05) is 24.3 Å². The van der Waals surface area contributed by atoms with Crippen LogP contribution in [0.1, 0.15) is 13.3 Å². The Bertz CT molecular complexity index is 476. The average Bonchev–Trinajstić information content (AvgIpc) is 2.70. The van der Waals surface area contributed by atoms with Crippen molar-refractivity contribution in [2.75, 3.05) is 22.5 Å². The van der Waals surface area contributed by atoms with Crippen molar-refractivity contribution in [3.8, 4) is 0 Å². The van der Waals surface area contributed by atoms with Crippen molar-refractivity contribution in [2.24, 2.45) is 5.92 Å². The third-order valence-electron chi connectivity index (χ3n) is 2.94. The zero-order chi connectivity index (χ0) is 13.1. The molecule has 2 rings (SSSR count). The van der Waals surface area contributed by atoms with E-state index in [2.05, 4.69) is 17.9 Å². The number of anilines is 2. The van der Waals surface area contributed by atoms with Crippen LogP contribution < -0.4 is 10.2 Å². The molecule has 0 aromatic heterocycles. The maximum atomic E-state index is 11.9. The van der Waals surface area contributed by atoms with Crippen molar-refractivity contribution in [1.82, 2.24) is 0 Å². The van der Waals surface area contributed by atoms with Gasteiger partial charge in [-0.1, -0.05) is 6.07 Å². The number of hydrogen-bond donors (Lipinski definition) is 2. The summed E-state index contributed by atoms with van der Waals surface area (Å²) in [6.07, 6.45) is 0.549. The van der Waals surface area contributed by atoms with Crippen LogP contribution in [0.2, 0.25) is 0 Å². The zero-order valence-corrected chi connectivity index (χ0v) is 11.1. The van der Waals surface area contributed by atoms with Gasteiger partial charge in [0.25, 0.3) is 0 Å². The Morgan fingerprint density at radius 1 is 1.56 bits per heavy atom. The molecule has 5 heteroatoms. The summed E-state index contributed by atoms with van der Waals surface area (Å²) in [6, 6.07) is 7.34. The first-order chi connectivity index (χ1) is 8.60. The Morgan fingerprint density at radius 2 is 2.33 bits per heavy atom. The number of carbonyl (C=O) groups excluding carboxylic acids is 2. The Morgan fingerprint density at radius 3 is 2.94 bits per heavy atom. The molecule has 2 amide bonds. The predicted octanol–water partition coefficient (Wildman–Crippen LogP) is 1.93. The van der Waals surface area contributed by atoms with Gasteiger partial charge in [-0.15, -0.1) is 0 Å². The minimum absolute atomic E-state index is 0.117. The van der Waals surface area contributed by atoms with E-state index >= 15 is 0 Å². The molecule has 1 saturated heterocycles. The van der Waals surface area contributed by atoms with E-state index in [1.165, 1.54) is 6.92 Å². The number of hydrogen-bond acceptors (Lipinski definition) is 3. The van der Waals surface area contributed by atoms with Gasteiger partial charge in [0, 0.05) is 31.3 Å². The van der Waals surface area contributed by atoms with E-state index in [9.17, 15) is 9.59 Å². The second-order valence-electron chi connectivity index (χ2n) is 4.49. The van der Waals surface area contributed by atoms with Gasteiger partial charge in [0.2, 0.25) is 11.8 Å². The summed E-state index contributed by atoms with van der Waals surface area (Å²) in [5.41, 5.74) is 1.54. The second-order valence-corrected chi connectivity index (χ2v) is 4.85. The standard InChI is InChI=1S/C13H16N2O2S/c1-9(16)14-11-3-2-4-12(6-11)15-7-10(8-18)5-13(15)17/h2-4,6,10,18H,5,7-8H2,1H3,(H,14,16). The normalized spacial score (nSPS) is 19.1. The first-order valence-electron chi connectivity index (χ1n) is 5.89. The molecule has 0 saturated carbocycles. The van der Waals surface area contributed by atoms with Crippen molar-refractivity contribution < 1.29 is 9.59 Å². The van der Waals surface area contributed by atoms with Gasteiger partial charge in [-0.2, -0.15) is 12.6 Å². The third kappa shape index (κ3) is 2.85. The highest BCUT2D eigenvalue weighted by Crippen LogP contribution is 2.27. The molecule has 1 atom stereocenters. The van der Waals surface area contributed by atoms with Gasteiger partial charge in [-0.3, -0.25) is 9.59 Å². The highest BCUT2D eigenvalue weighted by atomic mass is 32.1. The van der Waals surface area contributed by atoms with Crippen LogP contribution in [0.5, 0.6) is 0 Å². The van der Waals surface area contributed by atoms with E-state index in [4.69, 9.17) is 0 Å². The number of rotatable bonds is 3. The van der Waals surface area contributed by atoms with Crippen molar-refractivity contribution >= 4 is 35.8 Å². The lowest BCUT2D eigenvalue weighted by Gasteiger charge is -2.17. The highest BCUT2D eigenvalue weighted by Gasteiger charge is 2.29. The lowest BCUT2D eigenvalue weighted by molar-refractivity contribution is -0.117. The summed E-state index contributed by atoms with van der Waals surface area (Å²) in [5.74, 6) is 1.03. The lowest BCUT2D eigenvalue weighted by atomic mass is 10.1. The van der Waals surface area contributed by atoms with Gasteiger partial charge < -0.3 is 10.2 Å². The molecule has 18 heavy (non-hydrogen) atoms. The van der Waals surface area contributed by atoms with E-state index in [1.54, 1.807) is 4.90 Å². The van der Waals surface area contributed by atoms with Crippen LogP contribution in [0.15, 0.2) is 24.3 Å². The Hall–Kier alpha value is -1.49. The number of carbonyl (C=O) groups is 2. The summed E-state index contributed by atoms with van der Waals surface area (Å²) in [6.45, 7) is 2.16. The Labute approximate surface area is 112 Å². The van der Waals surface area contributed by atoms with Crippen molar-refractivity contribution in [2.45, 2.75) is 13.3 Å². The molecule has 1 aromatic rings. The molecule has 1 heterocycles. The average molecular weight is 264 g/mol. The molecular formula is C13H16N2O2S. The van der Waals surface area contributed by atoms with Gasteiger partial charge in [-0.25, -0.2) is 0 Å². The van der Waals surface area contributed by atoms with Crippen LogP contribution in [0, 0.1) is 5.92 Å². The minimum Gasteiger partial charge on any atom is -0.326 e. The summed E-state index contributed by atoms with van der Waals surface area (Å²) >= 11 is 4.24. The molecule has 0 radical (unpaired) electrons. The first kappa shape index (κ1) is 13.0. The topological polar surface area (TPSA) is 49.4 Å². The zero-order valence-electron chi connectivity index (χ0n) is 10.2. The maximum Gasteiger partial charge on any atom is 0.227 e. The second kappa shape index (κ2) is 5.44. The van der Waals surface area contributed by atoms with Gasteiger partial charge in [-0.05, 0) is 29.9 Å². The number of amides is 2. The molecule has 1 aliphatic heterocycles. The van der Waals surface area contributed by atoms with Crippen molar-refractivity contribution in [3.05, 3.63) is 24.3 Å². The van der Waals surface area contributed by atoms with Crippen molar-refractivity contribution in [1.29, 1.82) is 0 Å². The molecule has 4 nitrogen and oxygen atoms in total. The van der Waals surface area contributed by atoms with E-state index < -0.39 is 0 Å². The molecular weight excluding hydrogens is 248 g/mol. The third-order valence-corrected chi connectivity index (χ3v) is 3.46. The molecule has 96 valence electrons. The van der Waals surface area contributed by atoms with Crippen molar-refractivity contribution in [3.63, 3.8) is 0 Å². The molecule has 1 N–H and O–H groups in total. The van der Waals surface area contributed by atoms with E-state index in [-0.39, 0.29) is 11.8 Å². The van der Waals surface area contributed by atoms with Gasteiger partial charge in [0.15, 0.2) is 0 Å². The largest absolute Gasteiger partial charge is 0.326 e. The minimum atomic E-state index is -0.117. The number of nitrogens with one attached hydrogen (secondary N) is 1. The molecule has 0 aliphatic carbocycles. The van der Waals surface area contributed by atoms with E-state index in [0.717, 1.165) is 5.69 Å². The summed E-state index contributed by atoms with van der Waals surface area (Å²) in [7, 11) is 0. The van der Waals surface area contributed by atoms with Crippen LogP contribution in [0.25, 0.3) is 0 Å². The van der Waals surface area contributed by atoms with Crippen LogP contribution in [-0.2, 0) is 9.59 Å². The number of benzene rings is 1. The fourth-order valence-corrected chi connectivity index (χ4v) is 2.35. The van der Waals surface area contributed by atoms with Crippen LogP contribution in [0.4, 0.5) is 11.4 Å². The molecule has 1 fully saturated rings. The lowest BCUT2D eigenvalue weighted by Crippen LogP contribution is -2.24. The first-order valence-corrected chi connectivity index (χ1v) is 6.52.